The van der Waals surface area contributed by atoms with Crippen molar-refractivity contribution in [2.45, 2.75) is 6.42 Å². The average Bonchev–Trinajstić information content (AvgIpc) is 3.17. The van der Waals surface area contributed by atoms with Gasteiger partial charge < -0.3 is 15.2 Å². The van der Waals surface area contributed by atoms with Crippen LogP contribution in [0.25, 0.3) is 11.3 Å². The maximum absolute atomic E-state index is 13.1. The van der Waals surface area contributed by atoms with Crippen LogP contribution in [-0.4, -0.2) is 16.4 Å². The van der Waals surface area contributed by atoms with E-state index < -0.39 is 0 Å². The Kier molecular flexibility index (Phi) is 3.80. The summed E-state index contributed by atoms with van der Waals surface area (Å²) in [6.07, 6.45) is 0.317. The number of nitrogens with one attached hydrogen (secondary N) is 2. The van der Waals surface area contributed by atoms with Gasteiger partial charge in [-0.05, 0) is 65.7 Å². The van der Waals surface area contributed by atoms with Gasteiger partial charge in [0.2, 0.25) is 5.91 Å². The van der Waals surface area contributed by atoms with Gasteiger partial charge in [-0.25, -0.2) is 4.39 Å². The standard InChI is InChI=1S/C20H16FN3O2/c1-24-17(12-2-4-14(21)5-3-12)8-9-18(24)20(26)22-15-6-7-16-13(10-15)11-19(25)23-16/h2-10H,11H2,1H3,(H,22,26)(H,23,25). The van der Waals surface area contributed by atoms with Crippen molar-refractivity contribution in [2.24, 2.45) is 7.05 Å². The van der Waals surface area contributed by atoms with Crippen LogP contribution in [0, 0.1) is 5.82 Å². The lowest BCUT2D eigenvalue weighted by Crippen LogP contribution is -2.16. The van der Waals surface area contributed by atoms with Crippen molar-refractivity contribution in [1.29, 1.82) is 0 Å². The summed E-state index contributed by atoms with van der Waals surface area (Å²) in [5.41, 5.74) is 4.42. The molecule has 130 valence electrons. The molecule has 1 aromatic heterocycles. The first-order chi connectivity index (χ1) is 12.5. The Morgan fingerprint density at radius 3 is 2.65 bits per heavy atom. The number of nitrogens with zero attached hydrogens (tertiary/aromatic N) is 1. The van der Waals surface area contributed by atoms with E-state index in [9.17, 15) is 14.0 Å². The van der Waals surface area contributed by atoms with E-state index >= 15 is 0 Å². The molecule has 4 rings (SSSR count). The van der Waals surface area contributed by atoms with Crippen molar-refractivity contribution < 1.29 is 14.0 Å². The summed E-state index contributed by atoms with van der Waals surface area (Å²) in [7, 11) is 1.79. The Labute approximate surface area is 149 Å². The number of anilines is 2. The molecule has 6 heteroatoms. The van der Waals surface area contributed by atoms with Crippen molar-refractivity contribution in [3.8, 4) is 11.3 Å². The van der Waals surface area contributed by atoms with Gasteiger partial charge in [0.15, 0.2) is 0 Å². The molecule has 0 spiro atoms. The number of carbonyl (C=O) groups is 2. The second kappa shape index (κ2) is 6.15. The van der Waals surface area contributed by atoms with Gasteiger partial charge in [0, 0.05) is 24.1 Å². The van der Waals surface area contributed by atoms with Gasteiger partial charge in [-0.15, -0.1) is 0 Å². The molecule has 0 saturated heterocycles. The van der Waals surface area contributed by atoms with Crippen LogP contribution >= 0.6 is 0 Å². The fourth-order valence-corrected chi connectivity index (χ4v) is 3.15. The van der Waals surface area contributed by atoms with Gasteiger partial charge in [-0.3, -0.25) is 9.59 Å². The monoisotopic (exact) mass is 349 g/mol. The molecular formula is C20H16FN3O2. The fraction of sp³-hybridized carbons (Fsp3) is 0.100. The van der Waals surface area contributed by atoms with Gasteiger partial charge in [0.25, 0.3) is 5.91 Å². The maximum atomic E-state index is 13.1. The molecule has 2 heterocycles. The van der Waals surface area contributed by atoms with Crippen LogP contribution in [0.15, 0.2) is 54.6 Å². The predicted molar refractivity (Wildman–Crippen MR) is 97.5 cm³/mol. The number of halogens is 1. The van der Waals surface area contributed by atoms with Crippen molar-refractivity contribution >= 4 is 23.2 Å². The molecule has 2 N–H and O–H groups in total. The molecule has 26 heavy (non-hydrogen) atoms. The summed E-state index contributed by atoms with van der Waals surface area (Å²) in [5.74, 6) is -0.599. The van der Waals surface area contributed by atoms with Crippen LogP contribution in [-0.2, 0) is 18.3 Å². The summed E-state index contributed by atoms with van der Waals surface area (Å²) >= 11 is 0. The summed E-state index contributed by atoms with van der Waals surface area (Å²) in [5, 5.41) is 5.62. The second-order valence-corrected chi connectivity index (χ2v) is 6.22. The minimum Gasteiger partial charge on any atom is -0.340 e. The summed E-state index contributed by atoms with van der Waals surface area (Å²) < 4.78 is 14.9. The van der Waals surface area contributed by atoms with Crippen LogP contribution in [0.3, 0.4) is 0 Å². The SMILES string of the molecule is Cn1c(C(=O)Nc2ccc3c(c2)CC(=O)N3)ccc1-c1ccc(F)cc1. The first-order valence-electron chi connectivity index (χ1n) is 8.17. The molecule has 2 aromatic carbocycles. The molecule has 0 fully saturated rings. The van der Waals surface area contributed by atoms with Crippen LogP contribution < -0.4 is 10.6 Å². The first kappa shape index (κ1) is 16.1. The van der Waals surface area contributed by atoms with E-state index in [4.69, 9.17) is 0 Å². The lowest BCUT2D eigenvalue weighted by atomic mass is 10.1. The number of carbonyl (C=O) groups excluding carboxylic acids is 2. The predicted octanol–water partition coefficient (Wildman–Crippen LogP) is 3.58. The van der Waals surface area contributed by atoms with E-state index in [-0.39, 0.29) is 17.6 Å². The highest BCUT2D eigenvalue weighted by Crippen LogP contribution is 2.27. The third-order valence-electron chi connectivity index (χ3n) is 4.48. The molecule has 0 saturated carbocycles. The Morgan fingerprint density at radius 1 is 1.12 bits per heavy atom. The van der Waals surface area contributed by atoms with Crippen molar-refractivity contribution in [1.82, 2.24) is 4.57 Å². The molecule has 2 amide bonds. The molecule has 0 bridgehead atoms. The minimum atomic E-state index is -0.300. The quantitative estimate of drug-likeness (QED) is 0.759. The molecule has 1 aliphatic heterocycles. The summed E-state index contributed by atoms with van der Waals surface area (Å²) in [4.78, 5) is 24.1. The highest BCUT2D eigenvalue weighted by molar-refractivity contribution is 6.05. The second-order valence-electron chi connectivity index (χ2n) is 6.22. The number of hydrogen-bond donors (Lipinski definition) is 2. The molecule has 5 nitrogen and oxygen atoms in total. The number of rotatable bonds is 3. The highest BCUT2D eigenvalue weighted by Gasteiger charge is 2.19. The first-order valence-corrected chi connectivity index (χ1v) is 8.17. The van der Waals surface area contributed by atoms with Crippen LogP contribution in [0.1, 0.15) is 16.1 Å². The zero-order valence-electron chi connectivity index (χ0n) is 14.0. The van der Waals surface area contributed by atoms with Gasteiger partial charge in [-0.2, -0.15) is 0 Å². The number of aromatic nitrogens is 1. The largest absolute Gasteiger partial charge is 0.340 e. The van der Waals surface area contributed by atoms with Gasteiger partial charge in [0.05, 0.1) is 6.42 Å². The fourth-order valence-electron chi connectivity index (χ4n) is 3.15. The summed E-state index contributed by atoms with van der Waals surface area (Å²) in [6, 6.07) is 15.0. The van der Waals surface area contributed by atoms with E-state index in [1.54, 1.807) is 48.0 Å². The molecule has 0 radical (unpaired) electrons. The lowest BCUT2D eigenvalue weighted by molar-refractivity contribution is -0.115. The smallest absolute Gasteiger partial charge is 0.272 e. The number of amides is 2. The van der Waals surface area contributed by atoms with Crippen molar-refractivity contribution in [3.05, 3.63) is 71.7 Å². The van der Waals surface area contributed by atoms with Crippen LogP contribution in [0.5, 0.6) is 0 Å². The topological polar surface area (TPSA) is 63.1 Å². The number of hydrogen-bond acceptors (Lipinski definition) is 2. The molecular weight excluding hydrogens is 333 g/mol. The molecule has 3 aromatic rings. The molecule has 0 atom stereocenters. The summed E-state index contributed by atoms with van der Waals surface area (Å²) in [6.45, 7) is 0. The third kappa shape index (κ3) is 2.86. The van der Waals surface area contributed by atoms with Crippen LogP contribution in [0.4, 0.5) is 15.8 Å². The van der Waals surface area contributed by atoms with Gasteiger partial charge >= 0.3 is 0 Å². The van der Waals surface area contributed by atoms with E-state index in [1.807, 2.05) is 6.07 Å². The Bertz CT molecular complexity index is 1020. The lowest BCUT2D eigenvalue weighted by Gasteiger charge is -2.10. The normalized spacial score (nSPS) is 12.6. The van der Waals surface area contributed by atoms with E-state index in [0.29, 0.717) is 17.8 Å². The zero-order chi connectivity index (χ0) is 18.3. The number of benzene rings is 2. The third-order valence-corrected chi connectivity index (χ3v) is 4.48. The average molecular weight is 349 g/mol. The Hall–Kier alpha value is -3.41. The minimum absolute atomic E-state index is 0.0464. The van der Waals surface area contributed by atoms with Crippen molar-refractivity contribution in [2.75, 3.05) is 10.6 Å². The van der Waals surface area contributed by atoms with E-state index in [2.05, 4.69) is 10.6 Å². The maximum Gasteiger partial charge on any atom is 0.272 e. The molecule has 1 aliphatic rings. The molecule has 0 aliphatic carbocycles. The molecule has 0 unspecified atom stereocenters. The van der Waals surface area contributed by atoms with E-state index in [1.165, 1.54) is 12.1 Å². The van der Waals surface area contributed by atoms with Crippen molar-refractivity contribution in [3.63, 3.8) is 0 Å². The van der Waals surface area contributed by atoms with Gasteiger partial charge in [-0.1, -0.05) is 0 Å². The number of fused-ring (bicyclic) bond motifs is 1. The van der Waals surface area contributed by atoms with Gasteiger partial charge in [0.1, 0.15) is 11.5 Å². The highest BCUT2D eigenvalue weighted by atomic mass is 19.1. The van der Waals surface area contributed by atoms with E-state index in [0.717, 1.165) is 22.5 Å². The zero-order valence-corrected chi connectivity index (χ0v) is 14.0. The Morgan fingerprint density at radius 2 is 1.88 bits per heavy atom. The van der Waals surface area contributed by atoms with Crippen LogP contribution in [0.2, 0.25) is 0 Å². The Balaban J connectivity index is 1.57.